The van der Waals surface area contributed by atoms with Crippen molar-refractivity contribution in [3.05, 3.63) is 64.2 Å². The first kappa shape index (κ1) is 21.1. The molecule has 154 valence electrons. The third-order valence-corrected chi connectivity index (χ3v) is 6.23. The number of benzene rings is 2. The van der Waals surface area contributed by atoms with Crippen LogP contribution in [0.15, 0.2) is 36.4 Å². The van der Waals surface area contributed by atoms with Crippen molar-refractivity contribution < 1.29 is 19.1 Å². The Labute approximate surface area is 173 Å². The van der Waals surface area contributed by atoms with E-state index in [2.05, 4.69) is 48.9 Å². The van der Waals surface area contributed by atoms with Crippen LogP contribution >= 0.6 is 0 Å². The predicted molar refractivity (Wildman–Crippen MR) is 113 cm³/mol. The third-order valence-electron chi connectivity index (χ3n) is 6.23. The maximum atomic E-state index is 12.0. The summed E-state index contributed by atoms with van der Waals surface area (Å²) in [6, 6.07) is 12.9. The van der Waals surface area contributed by atoms with Gasteiger partial charge in [-0.3, -0.25) is 9.59 Å². The summed E-state index contributed by atoms with van der Waals surface area (Å²) in [6.07, 6.45) is 5.55. The van der Waals surface area contributed by atoms with E-state index in [1.807, 2.05) is 13.0 Å². The maximum absolute atomic E-state index is 12.0. The third kappa shape index (κ3) is 4.52. The Kier molecular flexibility index (Phi) is 6.41. The van der Waals surface area contributed by atoms with Crippen LogP contribution < -0.4 is 4.74 Å². The van der Waals surface area contributed by atoms with Gasteiger partial charge in [0.25, 0.3) is 0 Å². The molecule has 0 spiro atoms. The van der Waals surface area contributed by atoms with Crippen molar-refractivity contribution in [3.63, 3.8) is 0 Å². The molecule has 0 aromatic heterocycles. The molecule has 1 aliphatic rings. The molecular formula is C25H30O4. The zero-order valence-corrected chi connectivity index (χ0v) is 17.8. The highest BCUT2D eigenvalue weighted by atomic mass is 16.5. The van der Waals surface area contributed by atoms with Gasteiger partial charge in [0.2, 0.25) is 0 Å². The molecule has 4 heteroatoms. The maximum Gasteiger partial charge on any atom is 0.322 e. The van der Waals surface area contributed by atoms with Crippen LogP contribution in [0.4, 0.5) is 0 Å². The molecule has 3 rings (SSSR count). The predicted octanol–water partition coefficient (Wildman–Crippen LogP) is 5.33. The molecule has 1 saturated carbocycles. The van der Waals surface area contributed by atoms with Crippen molar-refractivity contribution in [3.8, 4) is 5.75 Å². The highest BCUT2D eigenvalue weighted by Crippen LogP contribution is 2.46. The van der Waals surface area contributed by atoms with E-state index in [1.54, 1.807) is 0 Å². The van der Waals surface area contributed by atoms with Gasteiger partial charge in [0, 0.05) is 5.41 Å². The number of aryl methyl sites for hydroxylation is 3. The number of carbonyl (C=O) groups is 2. The fourth-order valence-corrected chi connectivity index (χ4v) is 4.35. The lowest BCUT2D eigenvalue weighted by atomic mass is 9.65. The number of methoxy groups -OCH3 is 1. The van der Waals surface area contributed by atoms with Gasteiger partial charge in [-0.1, -0.05) is 49.6 Å². The van der Waals surface area contributed by atoms with Crippen LogP contribution in [-0.2, 0) is 19.7 Å². The van der Waals surface area contributed by atoms with Crippen molar-refractivity contribution in [2.24, 2.45) is 0 Å². The van der Waals surface area contributed by atoms with Crippen molar-refractivity contribution in [2.75, 3.05) is 7.11 Å². The molecule has 2 aromatic rings. The van der Waals surface area contributed by atoms with Crippen LogP contribution in [0.25, 0.3) is 0 Å². The summed E-state index contributed by atoms with van der Waals surface area (Å²) in [5.41, 5.74) is 6.16. The topological polar surface area (TPSA) is 52.6 Å². The Morgan fingerprint density at radius 2 is 1.45 bits per heavy atom. The van der Waals surface area contributed by atoms with E-state index in [9.17, 15) is 9.59 Å². The molecule has 0 aliphatic heterocycles. The van der Waals surface area contributed by atoms with E-state index in [4.69, 9.17) is 4.74 Å². The van der Waals surface area contributed by atoms with E-state index >= 15 is 0 Å². The van der Waals surface area contributed by atoms with Gasteiger partial charge >= 0.3 is 11.9 Å². The Morgan fingerprint density at radius 3 is 2.03 bits per heavy atom. The number of carbonyl (C=O) groups excluding carboxylic acids is 2. The fourth-order valence-electron chi connectivity index (χ4n) is 4.35. The second-order valence-electron chi connectivity index (χ2n) is 8.15. The summed E-state index contributed by atoms with van der Waals surface area (Å²) in [5.74, 6) is -0.705. The average molecular weight is 395 g/mol. The monoisotopic (exact) mass is 394 g/mol. The summed E-state index contributed by atoms with van der Waals surface area (Å²) in [6.45, 7) is 6.26. The van der Waals surface area contributed by atoms with Gasteiger partial charge < -0.3 is 9.47 Å². The van der Waals surface area contributed by atoms with Gasteiger partial charge in [0.1, 0.15) is 12.2 Å². The van der Waals surface area contributed by atoms with Crippen molar-refractivity contribution in [1.82, 2.24) is 0 Å². The van der Waals surface area contributed by atoms with E-state index in [0.29, 0.717) is 5.75 Å². The van der Waals surface area contributed by atoms with Gasteiger partial charge in [-0.2, -0.15) is 0 Å². The lowest BCUT2D eigenvalue weighted by Gasteiger charge is -2.39. The molecule has 0 bridgehead atoms. The Hall–Kier alpha value is -2.62. The van der Waals surface area contributed by atoms with Gasteiger partial charge in [0.05, 0.1) is 7.11 Å². The molecule has 1 fully saturated rings. The van der Waals surface area contributed by atoms with Crippen LogP contribution in [0.5, 0.6) is 5.75 Å². The van der Waals surface area contributed by atoms with Gasteiger partial charge in [0.15, 0.2) is 0 Å². The van der Waals surface area contributed by atoms with Crippen molar-refractivity contribution in [2.45, 2.75) is 64.7 Å². The van der Waals surface area contributed by atoms with Crippen LogP contribution in [0.2, 0.25) is 0 Å². The summed E-state index contributed by atoms with van der Waals surface area (Å²) in [7, 11) is 1.26. The number of ether oxygens (including phenoxy) is 2. The van der Waals surface area contributed by atoms with E-state index in [1.165, 1.54) is 48.6 Å². The molecule has 0 radical (unpaired) electrons. The average Bonchev–Trinajstić information content (AvgIpc) is 2.71. The minimum absolute atomic E-state index is 0.00394. The quantitative estimate of drug-likeness (QED) is 0.391. The van der Waals surface area contributed by atoms with E-state index < -0.39 is 11.9 Å². The zero-order chi connectivity index (χ0) is 21.0. The molecule has 0 heterocycles. The Balaban J connectivity index is 1.93. The molecule has 0 saturated heterocycles. The van der Waals surface area contributed by atoms with Crippen LogP contribution in [0.1, 0.15) is 66.3 Å². The first-order chi connectivity index (χ1) is 13.9. The second-order valence-corrected chi connectivity index (χ2v) is 8.15. The summed E-state index contributed by atoms with van der Waals surface area (Å²) in [4.78, 5) is 23.2. The van der Waals surface area contributed by atoms with Gasteiger partial charge in [-0.25, -0.2) is 0 Å². The Bertz CT molecular complexity index is 907. The highest BCUT2D eigenvalue weighted by Gasteiger charge is 2.36. The van der Waals surface area contributed by atoms with Gasteiger partial charge in [-0.05, 0) is 67.5 Å². The van der Waals surface area contributed by atoms with E-state index in [0.717, 1.165) is 18.4 Å². The van der Waals surface area contributed by atoms with Crippen molar-refractivity contribution >= 4 is 11.9 Å². The summed E-state index contributed by atoms with van der Waals surface area (Å²) < 4.78 is 9.92. The normalized spacial score (nSPS) is 15.6. The molecule has 0 N–H and O–H groups in total. The molecule has 0 unspecified atom stereocenters. The first-order valence-electron chi connectivity index (χ1n) is 10.3. The fraction of sp³-hybridized carbons (Fsp3) is 0.440. The first-order valence-corrected chi connectivity index (χ1v) is 10.3. The zero-order valence-electron chi connectivity index (χ0n) is 17.8. The van der Waals surface area contributed by atoms with Crippen LogP contribution in [-0.4, -0.2) is 19.0 Å². The molecule has 0 amide bonds. The minimum atomic E-state index is -0.603. The van der Waals surface area contributed by atoms with Crippen LogP contribution in [0.3, 0.4) is 0 Å². The largest absolute Gasteiger partial charge is 0.469 e. The minimum Gasteiger partial charge on any atom is -0.469 e. The number of hydrogen-bond donors (Lipinski definition) is 0. The van der Waals surface area contributed by atoms with E-state index in [-0.39, 0.29) is 11.8 Å². The highest BCUT2D eigenvalue weighted by molar-refractivity contribution is 5.92. The summed E-state index contributed by atoms with van der Waals surface area (Å²) in [5, 5.41) is 0. The second kappa shape index (κ2) is 8.81. The number of hydrogen-bond acceptors (Lipinski definition) is 4. The Morgan fingerprint density at radius 1 is 0.828 bits per heavy atom. The van der Waals surface area contributed by atoms with Crippen molar-refractivity contribution in [1.29, 1.82) is 0 Å². The number of rotatable bonds is 5. The lowest BCUT2D eigenvalue weighted by molar-refractivity contribution is -0.148. The SMILES string of the molecule is COC(=O)CC(=O)Oc1ccc(C2(c3ccc(C)c(C)c3)CCCCC2)cc1C. The summed E-state index contributed by atoms with van der Waals surface area (Å²) >= 11 is 0. The molecule has 4 nitrogen and oxygen atoms in total. The number of esters is 2. The van der Waals surface area contributed by atoms with Crippen LogP contribution in [0, 0.1) is 20.8 Å². The van der Waals surface area contributed by atoms with Gasteiger partial charge in [-0.15, -0.1) is 0 Å². The molecular weight excluding hydrogens is 364 g/mol. The lowest BCUT2D eigenvalue weighted by Crippen LogP contribution is -2.30. The molecule has 2 aromatic carbocycles. The smallest absolute Gasteiger partial charge is 0.322 e. The molecule has 1 aliphatic carbocycles. The molecule has 0 atom stereocenters. The molecule has 29 heavy (non-hydrogen) atoms. The standard InChI is InChI=1S/C25H30O4/c1-17-8-9-20(14-18(17)2)25(12-6-5-7-13-25)21-10-11-22(19(3)15-21)29-24(27)16-23(26)28-4/h8-11,14-15H,5-7,12-13,16H2,1-4H3.